The molecular formula is C10H6BrClF3N3S. The van der Waals surface area contributed by atoms with Gasteiger partial charge < -0.3 is 5.32 Å². The lowest BCUT2D eigenvalue weighted by Gasteiger charge is -2.08. The van der Waals surface area contributed by atoms with Crippen molar-refractivity contribution in [2.24, 2.45) is 0 Å². The normalized spacial score (nSPS) is 11.6. The van der Waals surface area contributed by atoms with Crippen molar-refractivity contribution in [3.05, 3.63) is 37.8 Å². The zero-order valence-electron chi connectivity index (χ0n) is 9.13. The van der Waals surface area contributed by atoms with Crippen molar-refractivity contribution < 1.29 is 13.2 Å². The van der Waals surface area contributed by atoms with E-state index in [4.69, 9.17) is 11.6 Å². The summed E-state index contributed by atoms with van der Waals surface area (Å²) in [6.07, 6.45) is -4.62. The van der Waals surface area contributed by atoms with Crippen LogP contribution in [-0.2, 0) is 12.7 Å². The first kappa shape index (κ1) is 14.5. The van der Waals surface area contributed by atoms with E-state index in [0.717, 1.165) is 8.66 Å². The third kappa shape index (κ3) is 4.05. The minimum Gasteiger partial charge on any atom is -0.365 e. The molecule has 0 aliphatic carbocycles. The summed E-state index contributed by atoms with van der Waals surface area (Å²) in [4.78, 5) is 7.49. The van der Waals surface area contributed by atoms with Crippen LogP contribution in [0.1, 0.15) is 10.7 Å². The summed E-state index contributed by atoms with van der Waals surface area (Å²) >= 11 is 10.3. The Kier molecular flexibility index (Phi) is 4.32. The third-order valence-electron chi connectivity index (χ3n) is 2.02. The average Bonchev–Trinajstić information content (AvgIpc) is 2.71. The van der Waals surface area contributed by atoms with Crippen LogP contribution in [-0.4, -0.2) is 9.97 Å². The highest BCUT2D eigenvalue weighted by Crippen LogP contribution is 2.28. The number of anilines is 1. The van der Waals surface area contributed by atoms with Gasteiger partial charge in [0, 0.05) is 10.9 Å². The van der Waals surface area contributed by atoms with Gasteiger partial charge in [-0.2, -0.15) is 13.2 Å². The van der Waals surface area contributed by atoms with Gasteiger partial charge in [0.2, 0.25) is 5.82 Å². The Morgan fingerprint density at radius 3 is 2.63 bits per heavy atom. The molecule has 9 heteroatoms. The van der Waals surface area contributed by atoms with Crippen LogP contribution in [0.15, 0.2) is 22.0 Å². The van der Waals surface area contributed by atoms with E-state index in [-0.39, 0.29) is 11.0 Å². The largest absolute Gasteiger partial charge is 0.451 e. The van der Waals surface area contributed by atoms with Gasteiger partial charge in [-0.3, -0.25) is 0 Å². The SMILES string of the molecule is FC(F)(F)c1nc(Cl)cc(NCc2ccc(Br)s2)n1. The first-order valence-corrected chi connectivity index (χ1v) is 6.93. The number of alkyl halides is 3. The van der Waals surface area contributed by atoms with Crippen molar-refractivity contribution in [3.63, 3.8) is 0 Å². The van der Waals surface area contributed by atoms with Crippen LogP contribution in [0.4, 0.5) is 19.0 Å². The molecule has 0 atom stereocenters. The number of thiophene rings is 1. The Morgan fingerprint density at radius 2 is 2.05 bits per heavy atom. The Morgan fingerprint density at radius 1 is 1.32 bits per heavy atom. The Labute approximate surface area is 124 Å². The second-order valence-corrected chi connectivity index (χ2v) is 6.39. The number of nitrogens with one attached hydrogen (secondary N) is 1. The van der Waals surface area contributed by atoms with Gasteiger partial charge in [-0.1, -0.05) is 11.6 Å². The summed E-state index contributed by atoms with van der Waals surface area (Å²) in [5.41, 5.74) is 0. The van der Waals surface area contributed by atoms with Gasteiger partial charge in [0.15, 0.2) is 0 Å². The molecule has 0 unspecified atom stereocenters. The Bertz CT molecular complexity index is 588. The highest BCUT2D eigenvalue weighted by atomic mass is 79.9. The molecule has 3 nitrogen and oxygen atoms in total. The topological polar surface area (TPSA) is 37.8 Å². The lowest BCUT2D eigenvalue weighted by molar-refractivity contribution is -0.144. The number of hydrogen-bond acceptors (Lipinski definition) is 4. The molecule has 0 saturated heterocycles. The molecule has 1 N–H and O–H groups in total. The van der Waals surface area contributed by atoms with Crippen LogP contribution in [0.25, 0.3) is 0 Å². The van der Waals surface area contributed by atoms with Gasteiger partial charge in [0.25, 0.3) is 0 Å². The van der Waals surface area contributed by atoms with E-state index < -0.39 is 12.0 Å². The molecular weight excluding hydrogens is 367 g/mol. The molecule has 0 radical (unpaired) electrons. The highest BCUT2D eigenvalue weighted by Gasteiger charge is 2.35. The fourth-order valence-corrected chi connectivity index (χ4v) is 2.87. The van der Waals surface area contributed by atoms with Crippen molar-refractivity contribution >= 4 is 44.7 Å². The number of rotatable bonds is 3. The fraction of sp³-hybridized carbons (Fsp3) is 0.200. The van der Waals surface area contributed by atoms with Gasteiger partial charge in [0.1, 0.15) is 11.0 Å². The van der Waals surface area contributed by atoms with Crippen LogP contribution in [0.3, 0.4) is 0 Å². The van der Waals surface area contributed by atoms with E-state index in [2.05, 4.69) is 31.2 Å². The van der Waals surface area contributed by atoms with Gasteiger partial charge in [-0.25, -0.2) is 9.97 Å². The first-order chi connectivity index (χ1) is 8.84. The second kappa shape index (κ2) is 5.64. The number of aromatic nitrogens is 2. The highest BCUT2D eigenvalue weighted by molar-refractivity contribution is 9.11. The fourth-order valence-electron chi connectivity index (χ4n) is 1.26. The third-order valence-corrected chi connectivity index (χ3v) is 3.84. The molecule has 2 aromatic rings. The molecule has 0 aromatic carbocycles. The summed E-state index contributed by atoms with van der Waals surface area (Å²) in [6.45, 7) is 0.362. The molecule has 0 fully saturated rings. The molecule has 0 bridgehead atoms. The molecule has 102 valence electrons. The minimum absolute atomic E-state index is 0.0387. The van der Waals surface area contributed by atoms with E-state index in [9.17, 15) is 13.2 Å². The molecule has 0 aliphatic heterocycles. The van der Waals surface area contributed by atoms with Crippen LogP contribution in [0.5, 0.6) is 0 Å². The molecule has 0 amide bonds. The lowest BCUT2D eigenvalue weighted by Crippen LogP contribution is -2.13. The average molecular weight is 373 g/mol. The molecule has 0 saturated carbocycles. The van der Waals surface area contributed by atoms with Crippen LogP contribution < -0.4 is 5.32 Å². The number of nitrogens with zero attached hydrogens (tertiary/aromatic N) is 2. The van der Waals surface area contributed by atoms with Gasteiger partial charge in [-0.15, -0.1) is 11.3 Å². The molecule has 2 aromatic heterocycles. The van der Waals surface area contributed by atoms with Gasteiger partial charge in [-0.05, 0) is 28.1 Å². The van der Waals surface area contributed by atoms with Crippen LogP contribution >= 0.6 is 38.9 Å². The first-order valence-electron chi connectivity index (χ1n) is 4.94. The molecule has 2 heterocycles. The minimum atomic E-state index is -4.62. The summed E-state index contributed by atoms with van der Waals surface area (Å²) in [5, 5.41) is 2.53. The van der Waals surface area contributed by atoms with E-state index in [1.54, 1.807) is 0 Å². The molecule has 0 spiro atoms. The maximum absolute atomic E-state index is 12.5. The summed E-state index contributed by atoms with van der Waals surface area (Å²) in [7, 11) is 0. The smallest absolute Gasteiger partial charge is 0.365 e. The number of halogens is 5. The molecule has 0 aliphatic rings. The summed E-state index contributed by atoms with van der Waals surface area (Å²) in [5.74, 6) is -1.22. The maximum Gasteiger partial charge on any atom is 0.451 e. The van der Waals surface area contributed by atoms with Crippen molar-refractivity contribution in [3.8, 4) is 0 Å². The van der Waals surface area contributed by atoms with E-state index in [1.165, 1.54) is 17.4 Å². The maximum atomic E-state index is 12.5. The Balaban J connectivity index is 2.14. The quantitative estimate of drug-likeness (QED) is 0.801. The second-order valence-electron chi connectivity index (χ2n) is 3.46. The Hall–Kier alpha value is -0.860. The van der Waals surface area contributed by atoms with E-state index in [1.807, 2.05) is 12.1 Å². The molecule has 2 rings (SSSR count). The summed E-state index contributed by atoms with van der Waals surface area (Å²) in [6, 6.07) is 4.96. The van der Waals surface area contributed by atoms with Crippen LogP contribution in [0, 0.1) is 0 Å². The van der Waals surface area contributed by atoms with Gasteiger partial charge >= 0.3 is 6.18 Å². The summed E-state index contributed by atoms with van der Waals surface area (Å²) < 4.78 is 38.4. The van der Waals surface area contributed by atoms with E-state index >= 15 is 0 Å². The van der Waals surface area contributed by atoms with E-state index in [0.29, 0.717) is 6.54 Å². The predicted octanol–water partition coefficient (Wildman–Crippen LogP) is 4.58. The standard InChI is InChI=1S/C10H6BrClF3N3S/c11-6-2-1-5(19-6)4-16-8-3-7(12)17-9(18-8)10(13,14)15/h1-3H,4H2,(H,16,17,18). The van der Waals surface area contributed by atoms with Crippen molar-refractivity contribution in [2.45, 2.75) is 12.7 Å². The zero-order valence-corrected chi connectivity index (χ0v) is 12.3. The van der Waals surface area contributed by atoms with Crippen molar-refractivity contribution in [2.75, 3.05) is 5.32 Å². The molecule has 19 heavy (non-hydrogen) atoms. The predicted molar refractivity (Wildman–Crippen MR) is 71.4 cm³/mol. The van der Waals surface area contributed by atoms with Crippen molar-refractivity contribution in [1.82, 2.24) is 9.97 Å². The van der Waals surface area contributed by atoms with Gasteiger partial charge in [0.05, 0.1) is 10.3 Å². The monoisotopic (exact) mass is 371 g/mol. The van der Waals surface area contributed by atoms with Crippen molar-refractivity contribution in [1.29, 1.82) is 0 Å². The van der Waals surface area contributed by atoms with Crippen LogP contribution in [0.2, 0.25) is 5.15 Å². The lowest BCUT2D eigenvalue weighted by atomic mass is 10.4. The number of hydrogen-bond donors (Lipinski definition) is 1. The zero-order chi connectivity index (χ0) is 14.0.